The van der Waals surface area contributed by atoms with E-state index in [1.54, 1.807) is 0 Å². The molecule has 2 fully saturated rings. The van der Waals surface area contributed by atoms with Crippen LogP contribution >= 0.6 is 0 Å². The number of imide groups is 2. The van der Waals surface area contributed by atoms with Crippen LogP contribution in [0, 0.1) is 0 Å². The Labute approximate surface area is 297 Å². The summed E-state index contributed by atoms with van der Waals surface area (Å²) in [6, 6.07) is 3.93. The van der Waals surface area contributed by atoms with Crippen LogP contribution in [0.4, 0.5) is 0 Å². The third-order valence-corrected chi connectivity index (χ3v) is 14.5. The van der Waals surface area contributed by atoms with Crippen molar-refractivity contribution in [1.29, 1.82) is 0 Å². The van der Waals surface area contributed by atoms with Crippen molar-refractivity contribution in [2.24, 2.45) is 11.5 Å². The fraction of sp³-hybridized carbons (Fsp3) is 0.571. The second kappa shape index (κ2) is 9.62. The molecule has 50 heavy (non-hydrogen) atoms. The maximum atomic E-state index is 14.6. The molecule has 0 spiro atoms. The summed E-state index contributed by atoms with van der Waals surface area (Å²) in [7, 11) is 0. The zero-order chi connectivity index (χ0) is 37.2. The maximum Gasteiger partial charge on any atom is 0.241 e. The van der Waals surface area contributed by atoms with Crippen LogP contribution in [0.2, 0.25) is 0 Å². The summed E-state index contributed by atoms with van der Waals surface area (Å²) < 4.78 is 0. The molecule has 4 atom stereocenters. The van der Waals surface area contributed by atoms with Crippen molar-refractivity contribution >= 4 is 23.6 Å². The average molecular weight is 679 g/mol. The zero-order valence-corrected chi connectivity index (χ0v) is 32.0. The molecule has 0 radical (unpaired) electrons. The fourth-order valence-electron chi connectivity index (χ4n) is 10.3. The van der Waals surface area contributed by atoms with Crippen molar-refractivity contribution in [3.8, 4) is 0 Å². The minimum Gasteiger partial charge on any atom is -0.322 e. The molecule has 6 aliphatic rings. The summed E-state index contributed by atoms with van der Waals surface area (Å²) in [6.45, 7) is 23.3. The normalized spacial score (nSPS) is 32.4. The van der Waals surface area contributed by atoms with Gasteiger partial charge < -0.3 is 11.5 Å². The van der Waals surface area contributed by atoms with Crippen molar-refractivity contribution in [1.82, 2.24) is 9.80 Å². The van der Waals surface area contributed by atoms with Gasteiger partial charge in [-0.3, -0.25) is 29.0 Å². The Balaban J connectivity index is 1.26. The van der Waals surface area contributed by atoms with Gasteiger partial charge in [0.1, 0.15) is 0 Å². The largest absolute Gasteiger partial charge is 0.322 e. The molecule has 266 valence electrons. The topological polar surface area (TPSA) is 127 Å². The van der Waals surface area contributed by atoms with E-state index in [4.69, 9.17) is 11.5 Å². The van der Waals surface area contributed by atoms with Gasteiger partial charge in [0.05, 0.1) is 32.7 Å². The number of carbonyl (C=O) groups is 4. The van der Waals surface area contributed by atoms with E-state index < -0.39 is 43.8 Å². The van der Waals surface area contributed by atoms with Gasteiger partial charge in [-0.1, -0.05) is 47.6 Å². The standard InChI is InChI=1S/C42H54N4O4/c1-35(2,43)23-13-17-25(18-14-23)37(5,6)45-31(47)39(9)27-21-29-30(22-28(27)40(39,10)32(45)48)42(12)34(50)46(33(49)41(29,42)11)38(7,8)26-19-15-24(16-20-26)36(3,4)44/h13,15,17,19,21-22H,14,16,18,20,43-44H2,1-12H3. The second-order valence-electron chi connectivity index (χ2n) is 18.7. The van der Waals surface area contributed by atoms with Crippen LogP contribution in [0.1, 0.15) is 131 Å². The number of carbonyl (C=O) groups excluding carboxylic acids is 4. The summed E-state index contributed by atoms with van der Waals surface area (Å²) in [6.07, 6.45) is 11.1. The van der Waals surface area contributed by atoms with E-state index in [1.807, 2.05) is 120 Å². The summed E-state index contributed by atoms with van der Waals surface area (Å²) in [4.78, 5) is 61.4. The van der Waals surface area contributed by atoms with Crippen LogP contribution in [0.5, 0.6) is 0 Å². The van der Waals surface area contributed by atoms with Crippen molar-refractivity contribution in [2.45, 2.75) is 153 Å². The number of hydrogen-bond acceptors (Lipinski definition) is 6. The molecule has 1 aromatic rings. The van der Waals surface area contributed by atoms with Crippen molar-refractivity contribution < 1.29 is 19.2 Å². The summed E-state index contributed by atoms with van der Waals surface area (Å²) in [5.74, 6) is -0.895. The molecule has 2 aliphatic heterocycles. The van der Waals surface area contributed by atoms with Gasteiger partial charge in [0, 0.05) is 11.1 Å². The Morgan fingerprint density at radius 2 is 0.680 bits per heavy atom. The molecule has 0 aromatic heterocycles. The van der Waals surface area contributed by atoms with Crippen molar-refractivity contribution in [3.05, 3.63) is 81.0 Å². The number of rotatable bonds is 6. The lowest BCUT2D eigenvalue weighted by Crippen LogP contribution is -2.61. The number of benzene rings is 1. The molecule has 1 aromatic carbocycles. The SMILES string of the molecule is CC(C)(N)C1=CC=C(C(C)(C)N2C(=O)C3(C)c4cc5c(cc4C3(C)C2=O)C2(C)C(=O)N(C(C)(C)C3=CC=C(C(C)(C)N)CC3)C(=O)C52C)CC1. The first-order chi connectivity index (χ1) is 22.7. The smallest absolute Gasteiger partial charge is 0.241 e. The lowest BCUT2D eigenvalue weighted by molar-refractivity contribution is -0.146. The summed E-state index contributed by atoms with van der Waals surface area (Å²) in [5.41, 5.74) is 13.2. The number of allylic oxidation sites excluding steroid dienone is 4. The fourth-order valence-corrected chi connectivity index (χ4v) is 10.3. The monoisotopic (exact) mass is 678 g/mol. The minimum absolute atomic E-state index is 0.224. The van der Waals surface area contributed by atoms with Crippen LogP contribution in [0.25, 0.3) is 0 Å². The van der Waals surface area contributed by atoms with E-state index in [0.29, 0.717) is 12.8 Å². The van der Waals surface area contributed by atoms with Crippen LogP contribution in [0.15, 0.2) is 58.7 Å². The number of fused-ring (bicyclic) bond motifs is 8. The molecule has 4 aliphatic carbocycles. The third-order valence-electron chi connectivity index (χ3n) is 14.5. The van der Waals surface area contributed by atoms with Crippen LogP contribution in [0.3, 0.4) is 0 Å². The van der Waals surface area contributed by atoms with E-state index in [2.05, 4.69) is 0 Å². The average Bonchev–Trinajstić information content (AvgIpc) is 3.26. The molecule has 0 saturated carbocycles. The molecular formula is C42H54N4O4. The highest BCUT2D eigenvalue weighted by molar-refractivity contribution is 6.22. The van der Waals surface area contributed by atoms with Gasteiger partial charge in [-0.05, 0) is 142 Å². The first-order valence-corrected chi connectivity index (χ1v) is 18.1. The van der Waals surface area contributed by atoms with E-state index in [0.717, 1.165) is 57.4 Å². The lowest BCUT2D eigenvalue weighted by atomic mass is 9.43. The molecule has 4 amide bonds. The minimum atomic E-state index is -1.10. The Kier molecular flexibility index (Phi) is 6.70. The Bertz CT molecular complexity index is 1760. The van der Waals surface area contributed by atoms with Crippen LogP contribution < -0.4 is 11.5 Å². The molecule has 2 saturated heterocycles. The van der Waals surface area contributed by atoms with E-state index in [-0.39, 0.29) is 23.6 Å². The highest BCUT2D eigenvalue weighted by Crippen LogP contribution is 2.69. The van der Waals surface area contributed by atoms with Gasteiger partial charge in [0.2, 0.25) is 23.6 Å². The molecule has 2 heterocycles. The predicted octanol–water partition coefficient (Wildman–Crippen LogP) is 5.81. The van der Waals surface area contributed by atoms with E-state index in [9.17, 15) is 19.2 Å². The molecule has 0 bridgehead atoms. The summed E-state index contributed by atoms with van der Waals surface area (Å²) in [5, 5.41) is 0. The summed E-state index contributed by atoms with van der Waals surface area (Å²) >= 11 is 0. The van der Waals surface area contributed by atoms with Gasteiger partial charge in [-0.2, -0.15) is 0 Å². The highest BCUT2D eigenvalue weighted by Gasteiger charge is 2.79. The molecular weight excluding hydrogens is 624 g/mol. The molecule has 8 heteroatoms. The maximum absolute atomic E-state index is 14.6. The molecule has 4 N–H and O–H groups in total. The first kappa shape index (κ1) is 34.8. The first-order valence-electron chi connectivity index (χ1n) is 18.1. The van der Waals surface area contributed by atoms with Crippen LogP contribution in [-0.2, 0) is 40.8 Å². The van der Waals surface area contributed by atoms with Gasteiger partial charge >= 0.3 is 0 Å². The van der Waals surface area contributed by atoms with Gasteiger partial charge in [0.25, 0.3) is 0 Å². The van der Waals surface area contributed by atoms with E-state index >= 15 is 0 Å². The molecule has 4 unspecified atom stereocenters. The quantitative estimate of drug-likeness (QED) is 0.366. The number of hydrogen-bond donors (Lipinski definition) is 2. The Hall–Kier alpha value is -3.62. The van der Waals surface area contributed by atoms with Crippen LogP contribution in [-0.4, -0.2) is 55.6 Å². The molecule has 8 nitrogen and oxygen atoms in total. The van der Waals surface area contributed by atoms with Gasteiger partial charge in [0.15, 0.2) is 0 Å². The third kappa shape index (κ3) is 3.69. The van der Waals surface area contributed by atoms with Crippen molar-refractivity contribution in [3.63, 3.8) is 0 Å². The highest BCUT2D eigenvalue weighted by atomic mass is 16.2. The zero-order valence-electron chi connectivity index (χ0n) is 32.0. The number of likely N-dealkylation sites (tertiary alicyclic amines) is 2. The van der Waals surface area contributed by atoms with Gasteiger partial charge in [-0.25, -0.2) is 0 Å². The Morgan fingerprint density at radius 1 is 0.460 bits per heavy atom. The predicted molar refractivity (Wildman–Crippen MR) is 195 cm³/mol. The Morgan fingerprint density at radius 3 is 0.880 bits per heavy atom. The van der Waals surface area contributed by atoms with Crippen molar-refractivity contribution in [2.75, 3.05) is 0 Å². The second-order valence-corrected chi connectivity index (χ2v) is 18.7. The number of nitrogens with zero attached hydrogens (tertiary/aromatic N) is 2. The number of nitrogens with two attached hydrogens (primary N) is 2. The number of amides is 4. The van der Waals surface area contributed by atoms with Gasteiger partial charge in [-0.15, -0.1) is 0 Å². The van der Waals surface area contributed by atoms with E-state index in [1.165, 1.54) is 9.80 Å². The molecule has 7 rings (SSSR count). The lowest BCUT2D eigenvalue weighted by Gasteiger charge is -2.55.